The number of aldehydes is 1. The van der Waals surface area contributed by atoms with E-state index in [1.165, 1.54) is 0 Å². The molecule has 2 atom stereocenters. The Morgan fingerprint density at radius 3 is 2.29 bits per heavy atom. The number of rotatable bonds is 4. The molecule has 0 aromatic rings. The Morgan fingerprint density at radius 1 is 1.29 bits per heavy atom. The fourth-order valence-electron chi connectivity index (χ4n) is 2.74. The molecule has 1 aliphatic rings. The highest BCUT2D eigenvalue weighted by Crippen LogP contribution is 2.40. The number of hydrogen-bond acceptors (Lipinski definition) is 3. The lowest BCUT2D eigenvalue weighted by Crippen LogP contribution is -2.40. The largest absolute Gasteiger partial charge is 0.444 e. The zero-order valence-corrected chi connectivity index (χ0v) is 15.8. The first-order chi connectivity index (χ1) is 9.46. The molecule has 0 radical (unpaired) electrons. The Labute approximate surface area is 130 Å². The zero-order valence-electron chi connectivity index (χ0n) is 14.6. The molecule has 5 heteroatoms. The van der Waals surface area contributed by atoms with Gasteiger partial charge in [0, 0.05) is 15.3 Å². The van der Waals surface area contributed by atoms with Crippen LogP contribution in [0.5, 0.6) is 0 Å². The Hall–Kier alpha value is -0.843. The first kappa shape index (κ1) is 18.2. The minimum atomic E-state index is -0.768. The summed E-state index contributed by atoms with van der Waals surface area (Å²) in [4.78, 5) is 25.1. The van der Waals surface area contributed by atoms with Crippen LogP contribution in [0.2, 0.25) is 18.1 Å². The summed E-state index contributed by atoms with van der Waals surface area (Å²) >= 11 is 0. The minimum Gasteiger partial charge on any atom is -0.444 e. The van der Waals surface area contributed by atoms with Crippen LogP contribution < -0.4 is 0 Å². The van der Waals surface area contributed by atoms with Gasteiger partial charge in [-0.1, -0.05) is 26.9 Å². The number of nitrogens with zero attached hydrogens (tertiary/aromatic N) is 1. The Balaban J connectivity index is 2.72. The van der Waals surface area contributed by atoms with Gasteiger partial charge in [-0.2, -0.15) is 0 Å². The summed E-state index contributed by atoms with van der Waals surface area (Å²) in [5, 5.41) is 0.349. The van der Waals surface area contributed by atoms with Gasteiger partial charge in [0.2, 0.25) is 0 Å². The highest BCUT2D eigenvalue weighted by molar-refractivity contribution is 6.59. The molecule has 0 aromatic carbocycles. The molecule has 0 spiro atoms. The van der Waals surface area contributed by atoms with Crippen molar-refractivity contribution in [2.45, 2.75) is 77.2 Å². The topological polar surface area (TPSA) is 46.6 Å². The summed E-state index contributed by atoms with van der Waals surface area (Å²) in [6.45, 7) is 15.5. The molecular weight excluding hydrogens is 282 g/mol. The normalized spacial score (nSPS) is 23.5. The number of ether oxygens (including phenoxy) is 1. The van der Waals surface area contributed by atoms with Crippen molar-refractivity contribution in [1.82, 2.24) is 4.90 Å². The molecule has 0 bridgehead atoms. The summed E-state index contributed by atoms with van der Waals surface area (Å²) < 4.78 is 5.42. The fraction of sp³-hybridized carbons (Fsp3) is 0.875. The maximum absolute atomic E-state index is 12.2. The molecule has 1 heterocycles. The van der Waals surface area contributed by atoms with E-state index in [9.17, 15) is 9.59 Å². The van der Waals surface area contributed by atoms with E-state index in [1.54, 1.807) is 4.90 Å². The highest BCUT2D eigenvalue weighted by Gasteiger charge is 2.40. The fourth-order valence-corrected chi connectivity index (χ4v) is 3.55. The number of amides is 1. The lowest BCUT2D eigenvalue weighted by atomic mass is 9.94. The van der Waals surface area contributed by atoms with Gasteiger partial charge in [0.1, 0.15) is 11.9 Å². The maximum Gasteiger partial charge on any atom is 0.410 e. The van der Waals surface area contributed by atoms with Gasteiger partial charge in [-0.05, 0) is 44.6 Å². The lowest BCUT2D eigenvalue weighted by molar-refractivity contribution is -0.111. The molecule has 1 aliphatic heterocycles. The van der Waals surface area contributed by atoms with Crippen LogP contribution in [-0.4, -0.2) is 44.3 Å². The Bertz CT molecular complexity index is 387. The molecule has 0 aliphatic carbocycles. The van der Waals surface area contributed by atoms with Crippen LogP contribution in [0.4, 0.5) is 4.79 Å². The summed E-state index contributed by atoms with van der Waals surface area (Å²) in [7, 11) is -0.768. The molecule has 1 fully saturated rings. The van der Waals surface area contributed by atoms with E-state index in [2.05, 4.69) is 26.9 Å². The second kappa shape index (κ2) is 6.51. The van der Waals surface area contributed by atoms with Crippen molar-refractivity contribution in [3.05, 3.63) is 0 Å². The van der Waals surface area contributed by atoms with Gasteiger partial charge >= 0.3 is 6.09 Å². The quantitative estimate of drug-likeness (QED) is 0.590. The molecule has 0 N–H and O–H groups in total. The van der Waals surface area contributed by atoms with E-state index in [1.807, 2.05) is 20.8 Å². The van der Waals surface area contributed by atoms with E-state index in [-0.39, 0.29) is 12.1 Å². The summed E-state index contributed by atoms with van der Waals surface area (Å²) in [5.41, 5.74) is -0.521. The minimum absolute atomic E-state index is 0.325. The first-order valence-corrected chi connectivity index (χ1v) is 10.8. The molecule has 21 heavy (non-hydrogen) atoms. The number of hydrogen-bond donors (Lipinski definition) is 0. The van der Waals surface area contributed by atoms with Crippen LogP contribution in [-0.2, 0) is 9.53 Å². The third-order valence-corrected chi connectivity index (χ3v) is 7.95. The van der Waals surface area contributed by atoms with Crippen molar-refractivity contribution >= 4 is 21.2 Å². The van der Waals surface area contributed by atoms with Crippen LogP contribution in [0.25, 0.3) is 0 Å². The zero-order chi connectivity index (χ0) is 16.4. The van der Waals surface area contributed by atoms with Crippen LogP contribution in [0.15, 0.2) is 0 Å². The molecule has 1 saturated heterocycles. The molecule has 0 aromatic heterocycles. The smallest absolute Gasteiger partial charge is 0.410 e. The van der Waals surface area contributed by atoms with Gasteiger partial charge in [-0.3, -0.25) is 4.90 Å². The van der Waals surface area contributed by atoms with E-state index < -0.39 is 14.4 Å². The number of carbonyl (C=O) groups is 2. The van der Waals surface area contributed by atoms with Crippen molar-refractivity contribution in [2.24, 2.45) is 5.92 Å². The highest BCUT2D eigenvalue weighted by atomic mass is 28.3. The molecule has 122 valence electrons. The van der Waals surface area contributed by atoms with E-state index in [0.29, 0.717) is 17.5 Å². The van der Waals surface area contributed by atoms with Crippen molar-refractivity contribution in [1.29, 1.82) is 0 Å². The van der Waals surface area contributed by atoms with Crippen LogP contribution in [0.3, 0.4) is 0 Å². The van der Waals surface area contributed by atoms with Gasteiger partial charge in [0.05, 0.1) is 6.04 Å². The monoisotopic (exact) mass is 313 g/mol. The third-order valence-electron chi connectivity index (χ3n) is 4.59. The van der Waals surface area contributed by atoms with Crippen molar-refractivity contribution < 1.29 is 14.3 Å². The van der Waals surface area contributed by atoms with Crippen LogP contribution in [0, 0.1) is 5.92 Å². The second-order valence-corrected chi connectivity index (χ2v) is 12.2. The maximum atomic E-state index is 12.2. The van der Waals surface area contributed by atoms with Gasteiger partial charge < -0.3 is 9.53 Å². The Kier molecular flexibility index (Phi) is 5.64. The van der Waals surface area contributed by atoms with Crippen molar-refractivity contribution in [3.63, 3.8) is 0 Å². The standard InChI is InChI=1S/C16H31NO3Si/c1-15(2,3)20-14(19)17-10-12(8-13(17)11-18)9-16(4,5)21(6)7/h11-13,21H,8-10H2,1-7H3/t12?,13-/m0/s1. The average molecular weight is 314 g/mol. The number of likely N-dealkylation sites (tertiary alicyclic amines) is 1. The van der Waals surface area contributed by atoms with Gasteiger partial charge in [-0.25, -0.2) is 4.79 Å². The summed E-state index contributed by atoms with van der Waals surface area (Å²) in [5.74, 6) is 0.401. The lowest BCUT2D eigenvalue weighted by Gasteiger charge is -2.31. The van der Waals surface area contributed by atoms with Crippen LogP contribution in [0.1, 0.15) is 47.5 Å². The van der Waals surface area contributed by atoms with Gasteiger partial charge in [-0.15, -0.1) is 0 Å². The van der Waals surface area contributed by atoms with Gasteiger partial charge in [0.15, 0.2) is 0 Å². The number of carbonyl (C=O) groups excluding carboxylic acids is 2. The SMILES string of the molecule is C[SiH](C)C(C)(C)CC1C[C@@H](C=O)N(C(=O)OC(C)(C)C)C1. The van der Waals surface area contributed by atoms with E-state index in [4.69, 9.17) is 4.74 Å². The van der Waals surface area contributed by atoms with Gasteiger partial charge in [0.25, 0.3) is 0 Å². The van der Waals surface area contributed by atoms with E-state index in [0.717, 1.165) is 19.1 Å². The first-order valence-electron chi connectivity index (χ1n) is 7.91. The average Bonchev–Trinajstić information content (AvgIpc) is 2.68. The van der Waals surface area contributed by atoms with Crippen molar-refractivity contribution in [2.75, 3.05) is 6.54 Å². The predicted octanol–water partition coefficient (Wildman–Crippen LogP) is 3.47. The van der Waals surface area contributed by atoms with Crippen molar-refractivity contribution in [3.8, 4) is 0 Å². The summed E-state index contributed by atoms with van der Waals surface area (Å²) in [6.07, 6.45) is 2.39. The Morgan fingerprint density at radius 2 is 1.86 bits per heavy atom. The molecule has 0 saturated carbocycles. The van der Waals surface area contributed by atoms with Crippen LogP contribution >= 0.6 is 0 Å². The second-order valence-electron chi connectivity index (χ2n) is 8.29. The molecule has 4 nitrogen and oxygen atoms in total. The van der Waals surface area contributed by atoms with E-state index >= 15 is 0 Å². The molecule has 1 rings (SSSR count). The summed E-state index contributed by atoms with van der Waals surface area (Å²) in [6, 6.07) is -0.325. The third kappa shape index (κ3) is 5.13. The molecule has 1 unspecified atom stereocenters. The predicted molar refractivity (Wildman–Crippen MR) is 88.4 cm³/mol. The molecule has 1 amide bonds. The molecular formula is C16H31NO3Si.